The predicted octanol–water partition coefficient (Wildman–Crippen LogP) is 6.18. The lowest BCUT2D eigenvalue weighted by atomic mass is 9.87. The van der Waals surface area contributed by atoms with E-state index >= 15 is 0 Å². The molecule has 29 heavy (non-hydrogen) atoms. The van der Waals surface area contributed by atoms with Gasteiger partial charge in [-0.15, -0.1) is 0 Å². The first-order valence-corrected chi connectivity index (χ1v) is 10.6. The molecule has 1 aliphatic rings. The lowest BCUT2D eigenvalue weighted by Crippen LogP contribution is -2.32. The van der Waals surface area contributed by atoms with Gasteiger partial charge in [0.1, 0.15) is 5.75 Å². The Bertz CT molecular complexity index is 951. The summed E-state index contributed by atoms with van der Waals surface area (Å²) in [5.41, 5.74) is 5.92. The van der Waals surface area contributed by atoms with E-state index in [1.165, 1.54) is 37.1 Å². The highest BCUT2D eigenvalue weighted by atomic mass is 16.3. The van der Waals surface area contributed by atoms with E-state index in [4.69, 9.17) is 0 Å². The van der Waals surface area contributed by atoms with Crippen molar-refractivity contribution in [3.63, 3.8) is 0 Å². The van der Waals surface area contributed by atoms with Crippen LogP contribution in [-0.4, -0.2) is 29.6 Å². The zero-order valence-electron chi connectivity index (χ0n) is 17.1. The van der Waals surface area contributed by atoms with Crippen molar-refractivity contribution in [2.75, 3.05) is 19.6 Å². The maximum Gasteiger partial charge on any atom is 0.116 e. The Kier molecular flexibility index (Phi) is 6.12. The second-order valence-electron chi connectivity index (χ2n) is 7.85. The first-order valence-electron chi connectivity index (χ1n) is 10.6. The van der Waals surface area contributed by atoms with Crippen LogP contribution in [0.4, 0.5) is 0 Å². The first-order chi connectivity index (χ1) is 14.2. The maximum atomic E-state index is 10.00. The molecule has 0 aliphatic carbocycles. The molecule has 3 aromatic rings. The molecule has 0 spiro atoms. The average Bonchev–Trinajstić information content (AvgIpc) is 2.78. The minimum Gasteiger partial charge on any atom is -0.508 e. The van der Waals surface area contributed by atoms with Gasteiger partial charge in [-0.2, -0.15) is 0 Å². The molecule has 2 heteroatoms. The highest BCUT2D eigenvalue weighted by Gasteiger charge is 2.19. The van der Waals surface area contributed by atoms with Crippen LogP contribution in [0.3, 0.4) is 0 Å². The topological polar surface area (TPSA) is 23.5 Å². The number of hydrogen-bond donors (Lipinski definition) is 1. The van der Waals surface area contributed by atoms with Crippen molar-refractivity contribution >= 4 is 11.6 Å². The number of benzene rings is 3. The Morgan fingerprint density at radius 1 is 0.897 bits per heavy atom. The number of aromatic hydroxyl groups is 1. The normalized spacial score (nSPS) is 16.1. The number of phenolic OH excluding ortho intramolecular Hbond substituents is 1. The van der Waals surface area contributed by atoms with Gasteiger partial charge in [0.25, 0.3) is 0 Å². The number of phenols is 1. The van der Waals surface area contributed by atoms with Crippen LogP contribution in [-0.2, 0) is 0 Å². The Morgan fingerprint density at radius 2 is 1.62 bits per heavy atom. The molecule has 1 N–H and O–H groups in total. The molecule has 0 unspecified atom stereocenters. The van der Waals surface area contributed by atoms with Crippen LogP contribution in [0.5, 0.6) is 5.75 Å². The Balaban J connectivity index is 1.64. The zero-order chi connectivity index (χ0) is 20.1. The second-order valence-corrected chi connectivity index (χ2v) is 7.85. The number of likely N-dealkylation sites (tertiary alicyclic amines) is 1. The Hall–Kier alpha value is -2.84. The van der Waals surface area contributed by atoms with Crippen molar-refractivity contribution in [3.8, 4) is 5.75 Å². The molecule has 0 atom stereocenters. The SMILES string of the molecule is CCN1CCC(c2ccc(/C(=C\c3ccccc3)c3cccc(O)c3)cc2)CC1. The molecular formula is C27H29NO. The third-order valence-electron chi connectivity index (χ3n) is 6.00. The summed E-state index contributed by atoms with van der Waals surface area (Å²) in [6.07, 6.45) is 4.68. The van der Waals surface area contributed by atoms with Crippen molar-refractivity contribution in [2.24, 2.45) is 0 Å². The fourth-order valence-corrected chi connectivity index (χ4v) is 4.24. The third-order valence-corrected chi connectivity index (χ3v) is 6.00. The fourth-order valence-electron chi connectivity index (χ4n) is 4.24. The van der Waals surface area contributed by atoms with Gasteiger partial charge < -0.3 is 10.0 Å². The minimum absolute atomic E-state index is 0.292. The molecule has 3 aromatic carbocycles. The summed E-state index contributed by atoms with van der Waals surface area (Å²) in [4.78, 5) is 2.54. The van der Waals surface area contributed by atoms with Gasteiger partial charge in [0.15, 0.2) is 0 Å². The van der Waals surface area contributed by atoms with E-state index in [1.807, 2.05) is 18.2 Å². The largest absolute Gasteiger partial charge is 0.508 e. The number of nitrogens with zero attached hydrogens (tertiary/aromatic N) is 1. The molecule has 1 saturated heterocycles. The lowest BCUT2D eigenvalue weighted by Gasteiger charge is -2.31. The first kappa shape index (κ1) is 19.5. The molecule has 4 rings (SSSR count). The van der Waals surface area contributed by atoms with Gasteiger partial charge in [-0.25, -0.2) is 0 Å². The van der Waals surface area contributed by atoms with E-state index in [0.29, 0.717) is 11.7 Å². The molecule has 0 bridgehead atoms. The Morgan fingerprint density at radius 3 is 2.28 bits per heavy atom. The van der Waals surface area contributed by atoms with Gasteiger partial charge in [-0.05, 0) is 84.4 Å². The summed E-state index contributed by atoms with van der Waals surface area (Å²) >= 11 is 0. The van der Waals surface area contributed by atoms with Gasteiger partial charge in [-0.1, -0.05) is 73.7 Å². The second kappa shape index (κ2) is 9.11. The smallest absolute Gasteiger partial charge is 0.116 e. The predicted molar refractivity (Wildman–Crippen MR) is 122 cm³/mol. The molecule has 0 radical (unpaired) electrons. The van der Waals surface area contributed by atoms with Crippen molar-refractivity contribution in [1.29, 1.82) is 0 Å². The molecular weight excluding hydrogens is 354 g/mol. The summed E-state index contributed by atoms with van der Waals surface area (Å²) in [7, 11) is 0. The standard InChI is InChI=1S/C27H29NO/c1-2-28-17-15-23(16-18-28)22-11-13-24(14-12-22)27(19-21-7-4-3-5-8-21)25-9-6-10-26(29)20-25/h3-14,19-20,23,29H,2,15-18H2,1H3/b27-19+. The fraction of sp³-hybridized carbons (Fsp3) is 0.259. The summed E-state index contributed by atoms with van der Waals surface area (Å²) in [6.45, 7) is 5.80. The van der Waals surface area contributed by atoms with Crippen LogP contribution in [0.2, 0.25) is 0 Å². The van der Waals surface area contributed by atoms with Crippen molar-refractivity contribution in [1.82, 2.24) is 4.90 Å². The molecule has 1 fully saturated rings. The van der Waals surface area contributed by atoms with E-state index < -0.39 is 0 Å². The molecule has 1 heterocycles. The van der Waals surface area contributed by atoms with E-state index in [0.717, 1.165) is 23.2 Å². The van der Waals surface area contributed by atoms with Crippen LogP contribution in [0, 0.1) is 0 Å². The molecule has 148 valence electrons. The quantitative estimate of drug-likeness (QED) is 0.532. The number of rotatable bonds is 5. The molecule has 2 nitrogen and oxygen atoms in total. The van der Waals surface area contributed by atoms with Crippen molar-refractivity contribution < 1.29 is 5.11 Å². The average molecular weight is 384 g/mol. The summed E-state index contributed by atoms with van der Waals surface area (Å²) in [5.74, 6) is 0.954. The number of piperidine rings is 1. The molecule has 1 aliphatic heterocycles. The highest BCUT2D eigenvalue weighted by Crippen LogP contribution is 2.32. The highest BCUT2D eigenvalue weighted by molar-refractivity contribution is 5.91. The minimum atomic E-state index is 0.292. The van der Waals surface area contributed by atoms with Crippen LogP contribution in [0.1, 0.15) is 47.9 Å². The third kappa shape index (κ3) is 4.78. The summed E-state index contributed by atoms with van der Waals surface area (Å²) in [5, 5.41) is 10.00. The van der Waals surface area contributed by atoms with Crippen LogP contribution < -0.4 is 0 Å². The molecule has 0 aromatic heterocycles. The van der Waals surface area contributed by atoms with Crippen molar-refractivity contribution in [3.05, 3.63) is 101 Å². The van der Waals surface area contributed by atoms with Gasteiger partial charge in [0.05, 0.1) is 0 Å². The summed E-state index contributed by atoms with van der Waals surface area (Å²) < 4.78 is 0. The van der Waals surface area contributed by atoms with Crippen LogP contribution in [0.15, 0.2) is 78.9 Å². The van der Waals surface area contributed by atoms with Crippen LogP contribution in [0.25, 0.3) is 11.6 Å². The Labute approximate surface area is 174 Å². The van der Waals surface area contributed by atoms with Crippen LogP contribution >= 0.6 is 0 Å². The molecule has 0 saturated carbocycles. The van der Waals surface area contributed by atoms with Crippen molar-refractivity contribution in [2.45, 2.75) is 25.7 Å². The maximum absolute atomic E-state index is 10.00. The number of hydrogen-bond acceptors (Lipinski definition) is 2. The van der Waals surface area contributed by atoms with E-state index in [9.17, 15) is 5.11 Å². The van der Waals surface area contributed by atoms with Gasteiger partial charge in [-0.3, -0.25) is 0 Å². The summed E-state index contributed by atoms with van der Waals surface area (Å²) in [6, 6.07) is 26.9. The lowest BCUT2D eigenvalue weighted by molar-refractivity contribution is 0.222. The van der Waals surface area contributed by atoms with E-state index in [-0.39, 0.29) is 0 Å². The molecule has 0 amide bonds. The van der Waals surface area contributed by atoms with Gasteiger partial charge in [0.2, 0.25) is 0 Å². The van der Waals surface area contributed by atoms with Gasteiger partial charge in [0, 0.05) is 0 Å². The monoisotopic (exact) mass is 383 g/mol. The van der Waals surface area contributed by atoms with E-state index in [1.54, 1.807) is 6.07 Å². The van der Waals surface area contributed by atoms with Gasteiger partial charge >= 0.3 is 0 Å². The van der Waals surface area contributed by atoms with E-state index in [2.05, 4.69) is 72.5 Å². The zero-order valence-corrected chi connectivity index (χ0v) is 17.1.